The van der Waals surface area contributed by atoms with Gasteiger partial charge in [0.15, 0.2) is 0 Å². The Morgan fingerprint density at radius 3 is 2.13 bits per heavy atom. The number of hydrogen-bond acceptors (Lipinski definition) is 3. The fourth-order valence-electron chi connectivity index (χ4n) is 3.56. The van der Waals surface area contributed by atoms with Gasteiger partial charge in [0.1, 0.15) is 12.4 Å². The highest BCUT2D eigenvalue weighted by molar-refractivity contribution is 5.74. The van der Waals surface area contributed by atoms with Crippen molar-refractivity contribution >= 4 is 0 Å². The Labute approximate surface area is 177 Å². The Balaban J connectivity index is 1.62. The molecule has 4 aromatic carbocycles. The zero-order chi connectivity index (χ0) is 20.6. The molecule has 0 heterocycles. The SMILES string of the molecule is NOCCc1cc(-c2ccccc2)ccc1-c1cccc(OCc2ccccc2)c1. The maximum absolute atomic E-state index is 6.02. The second kappa shape index (κ2) is 9.88. The van der Waals surface area contributed by atoms with Gasteiger partial charge >= 0.3 is 0 Å². The molecule has 0 fully saturated rings. The van der Waals surface area contributed by atoms with Crippen LogP contribution in [0.2, 0.25) is 0 Å². The van der Waals surface area contributed by atoms with Crippen molar-refractivity contribution in [2.24, 2.45) is 5.90 Å². The van der Waals surface area contributed by atoms with Crippen LogP contribution >= 0.6 is 0 Å². The molecule has 150 valence electrons. The molecule has 4 aromatic rings. The summed E-state index contributed by atoms with van der Waals surface area (Å²) >= 11 is 0. The Bertz CT molecular complexity index is 1080. The van der Waals surface area contributed by atoms with Crippen molar-refractivity contribution in [2.45, 2.75) is 13.0 Å². The van der Waals surface area contributed by atoms with Gasteiger partial charge in [-0.3, -0.25) is 0 Å². The smallest absolute Gasteiger partial charge is 0.120 e. The number of rotatable bonds is 8. The minimum atomic E-state index is 0.468. The van der Waals surface area contributed by atoms with E-state index < -0.39 is 0 Å². The van der Waals surface area contributed by atoms with Crippen LogP contribution in [0, 0.1) is 0 Å². The number of benzene rings is 4. The molecular weight excluding hydrogens is 370 g/mol. The van der Waals surface area contributed by atoms with Gasteiger partial charge in [0.25, 0.3) is 0 Å². The van der Waals surface area contributed by atoms with Crippen LogP contribution in [-0.2, 0) is 17.9 Å². The number of ether oxygens (including phenoxy) is 1. The average Bonchev–Trinajstić information content (AvgIpc) is 2.82. The van der Waals surface area contributed by atoms with Crippen LogP contribution in [-0.4, -0.2) is 6.61 Å². The second-order valence-electron chi connectivity index (χ2n) is 7.16. The molecule has 0 spiro atoms. The fraction of sp³-hybridized carbons (Fsp3) is 0.111. The average molecular weight is 396 g/mol. The van der Waals surface area contributed by atoms with Crippen molar-refractivity contribution in [1.82, 2.24) is 0 Å². The molecule has 0 atom stereocenters. The zero-order valence-electron chi connectivity index (χ0n) is 16.8. The normalized spacial score (nSPS) is 10.7. The van der Waals surface area contributed by atoms with E-state index in [9.17, 15) is 0 Å². The molecule has 3 nitrogen and oxygen atoms in total. The van der Waals surface area contributed by atoms with Crippen molar-refractivity contribution in [2.75, 3.05) is 6.61 Å². The highest BCUT2D eigenvalue weighted by Gasteiger charge is 2.09. The summed E-state index contributed by atoms with van der Waals surface area (Å²) in [7, 11) is 0. The standard InChI is InChI=1S/C27H25NO2/c28-30-17-16-25-18-23(22-10-5-2-6-11-22)14-15-27(25)24-12-7-13-26(19-24)29-20-21-8-3-1-4-9-21/h1-15,18-19H,16-17,20,28H2. The largest absolute Gasteiger partial charge is 0.489 e. The van der Waals surface area contributed by atoms with E-state index in [4.69, 9.17) is 15.5 Å². The molecule has 2 N–H and O–H groups in total. The highest BCUT2D eigenvalue weighted by Crippen LogP contribution is 2.31. The van der Waals surface area contributed by atoms with E-state index in [2.05, 4.69) is 66.7 Å². The maximum atomic E-state index is 6.02. The lowest BCUT2D eigenvalue weighted by molar-refractivity contribution is 0.141. The minimum Gasteiger partial charge on any atom is -0.489 e. The van der Waals surface area contributed by atoms with E-state index in [-0.39, 0.29) is 0 Å². The number of hydrogen-bond donors (Lipinski definition) is 1. The first-order valence-corrected chi connectivity index (χ1v) is 10.1. The van der Waals surface area contributed by atoms with Gasteiger partial charge in [-0.05, 0) is 51.9 Å². The Morgan fingerprint density at radius 1 is 0.633 bits per heavy atom. The first-order chi connectivity index (χ1) is 14.8. The van der Waals surface area contributed by atoms with Crippen LogP contribution in [0.1, 0.15) is 11.1 Å². The van der Waals surface area contributed by atoms with Gasteiger partial charge in [-0.15, -0.1) is 0 Å². The summed E-state index contributed by atoms with van der Waals surface area (Å²) in [6.07, 6.45) is 0.738. The van der Waals surface area contributed by atoms with Crippen LogP contribution in [0.25, 0.3) is 22.3 Å². The summed E-state index contributed by atoms with van der Waals surface area (Å²) in [5.74, 6) is 6.16. The molecule has 0 aliphatic rings. The third-order valence-corrected chi connectivity index (χ3v) is 5.09. The van der Waals surface area contributed by atoms with Crippen LogP contribution in [0.4, 0.5) is 0 Å². The lowest BCUT2D eigenvalue weighted by atomic mass is 9.93. The molecule has 0 saturated carbocycles. The molecule has 0 bridgehead atoms. The predicted octanol–water partition coefficient (Wildman–Crippen LogP) is 6.03. The van der Waals surface area contributed by atoms with Crippen LogP contribution < -0.4 is 10.6 Å². The molecule has 0 amide bonds. The van der Waals surface area contributed by atoms with Crippen molar-refractivity contribution in [3.63, 3.8) is 0 Å². The number of nitrogens with two attached hydrogens (primary N) is 1. The fourth-order valence-corrected chi connectivity index (χ4v) is 3.56. The van der Waals surface area contributed by atoms with Gasteiger partial charge in [0, 0.05) is 0 Å². The van der Waals surface area contributed by atoms with Gasteiger partial charge in [-0.1, -0.05) is 91.0 Å². The molecule has 0 aliphatic heterocycles. The third kappa shape index (κ3) is 4.95. The van der Waals surface area contributed by atoms with E-state index in [0.717, 1.165) is 28.9 Å². The Hall–Kier alpha value is -3.40. The second-order valence-corrected chi connectivity index (χ2v) is 7.16. The van der Waals surface area contributed by atoms with E-state index in [0.29, 0.717) is 13.2 Å². The van der Waals surface area contributed by atoms with E-state index in [1.54, 1.807) is 0 Å². The summed E-state index contributed by atoms with van der Waals surface area (Å²) in [5.41, 5.74) is 7.00. The molecule has 0 radical (unpaired) electrons. The molecule has 0 saturated heterocycles. The molecule has 3 heteroatoms. The summed E-state index contributed by atoms with van der Waals surface area (Å²) in [5, 5.41) is 0. The first-order valence-electron chi connectivity index (χ1n) is 10.1. The van der Waals surface area contributed by atoms with Crippen LogP contribution in [0.5, 0.6) is 5.75 Å². The van der Waals surface area contributed by atoms with Crippen molar-refractivity contribution < 1.29 is 9.57 Å². The minimum absolute atomic E-state index is 0.468. The summed E-state index contributed by atoms with van der Waals surface area (Å²) in [4.78, 5) is 4.87. The van der Waals surface area contributed by atoms with E-state index in [1.807, 2.05) is 36.4 Å². The molecule has 0 unspecified atom stereocenters. The zero-order valence-corrected chi connectivity index (χ0v) is 16.8. The lowest BCUT2D eigenvalue weighted by Crippen LogP contribution is -2.05. The third-order valence-electron chi connectivity index (χ3n) is 5.09. The van der Waals surface area contributed by atoms with Gasteiger partial charge in [-0.2, -0.15) is 0 Å². The molecule has 4 rings (SSSR count). The first kappa shape index (κ1) is 19.9. The van der Waals surface area contributed by atoms with Gasteiger partial charge in [0.05, 0.1) is 6.61 Å². The molecule has 30 heavy (non-hydrogen) atoms. The van der Waals surface area contributed by atoms with Crippen LogP contribution in [0.3, 0.4) is 0 Å². The van der Waals surface area contributed by atoms with Crippen molar-refractivity contribution in [1.29, 1.82) is 0 Å². The van der Waals surface area contributed by atoms with Gasteiger partial charge in [-0.25, -0.2) is 5.90 Å². The van der Waals surface area contributed by atoms with E-state index >= 15 is 0 Å². The van der Waals surface area contributed by atoms with E-state index in [1.165, 1.54) is 16.7 Å². The lowest BCUT2D eigenvalue weighted by Gasteiger charge is -2.14. The summed E-state index contributed by atoms with van der Waals surface area (Å²) < 4.78 is 6.02. The predicted molar refractivity (Wildman–Crippen MR) is 122 cm³/mol. The van der Waals surface area contributed by atoms with Crippen molar-refractivity contribution in [3.8, 4) is 28.0 Å². The molecular formula is C27H25NO2. The quantitative estimate of drug-likeness (QED) is 0.370. The Morgan fingerprint density at radius 2 is 1.37 bits per heavy atom. The Kier molecular flexibility index (Phi) is 6.55. The van der Waals surface area contributed by atoms with Crippen LogP contribution in [0.15, 0.2) is 103 Å². The molecule has 0 aliphatic carbocycles. The summed E-state index contributed by atoms with van der Waals surface area (Å²) in [6.45, 7) is 1.01. The van der Waals surface area contributed by atoms with Gasteiger partial charge in [0.2, 0.25) is 0 Å². The topological polar surface area (TPSA) is 44.5 Å². The summed E-state index contributed by atoms with van der Waals surface area (Å²) in [6, 6.07) is 35.4. The monoisotopic (exact) mass is 395 g/mol. The highest BCUT2D eigenvalue weighted by atomic mass is 16.6. The van der Waals surface area contributed by atoms with Gasteiger partial charge < -0.3 is 9.57 Å². The molecule has 0 aromatic heterocycles. The van der Waals surface area contributed by atoms with Crippen molar-refractivity contribution in [3.05, 3.63) is 114 Å². The maximum Gasteiger partial charge on any atom is 0.120 e.